The zero-order valence-corrected chi connectivity index (χ0v) is 11.3. The van der Waals surface area contributed by atoms with Gasteiger partial charge in [0.05, 0.1) is 5.56 Å². The topological polar surface area (TPSA) is 84.9 Å². The molecule has 1 aromatic rings. The number of alkyl halides is 2. The van der Waals surface area contributed by atoms with Gasteiger partial charge in [-0.3, -0.25) is 9.69 Å². The van der Waals surface area contributed by atoms with Crippen LogP contribution in [0.1, 0.15) is 10.4 Å². The number of rotatable bonds is 5. The lowest BCUT2D eigenvalue weighted by Crippen LogP contribution is -2.37. The third-order valence-electron chi connectivity index (χ3n) is 2.80. The Labute approximate surface area is 123 Å². The number of hydrogen-bond acceptors (Lipinski definition) is 5. The van der Waals surface area contributed by atoms with Gasteiger partial charge in [-0.1, -0.05) is 0 Å². The van der Waals surface area contributed by atoms with Crippen molar-refractivity contribution in [3.63, 3.8) is 0 Å². The van der Waals surface area contributed by atoms with E-state index >= 15 is 0 Å². The average Bonchev–Trinajstić information content (AvgIpc) is 2.91. The largest absolute Gasteiger partial charge is 0.452 e. The lowest BCUT2D eigenvalue weighted by atomic mass is 10.2. The molecular formula is C13H12F2N2O5. The molecule has 1 N–H and O–H groups in total. The van der Waals surface area contributed by atoms with E-state index in [1.807, 2.05) is 0 Å². The first-order chi connectivity index (χ1) is 10.5. The van der Waals surface area contributed by atoms with E-state index in [-0.39, 0.29) is 17.9 Å². The van der Waals surface area contributed by atoms with E-state index in [2.05, 4.69) is 10.1 Å². The van der Waals surface area contributed by atoms with Crippen LogP contribution >= 0.6 is 0 Å². The van der Waals surface area contributed by atoms with Crippen molar-refractivity contribution in [1.82, 2.24) is 10.2 Å². The zero-order valence-electron chi connectivity index (χ0n) is 11.3. The molecule has 0 aliphatic carbocycles. The van der Waals surface area contributed by atoms with Gasteiger partial charge in [-0.25, -0.2) is 9.59 Å². The van der Waals surface area contributed by atoms with Crippen LogP contribution < -0.4 is 10.1 Å². The number of amides is 3. The van der Waals surface area contributed by atoms with Crippen molar-refractivity contribution in [2.75, 3.05) is 19.7 Å². The van der Waals surface area contributed by atoms with Gasteiger partial charge in [-0.2, -0.15) is 8.78 Å². The van der Waals surface area contributed by atoms with Crippen LogP contribution in [0.3, 0.4) is 0 Å². The maximum atomic E-state index is 12.0. The molecule has 0 radical (unpaired) electrons. The summed E-state index contributed by atoms with van der Waals surface area (Å²) < 4.78 is 32.9. The van der Waals surface area contributed by atoms with Crippen LogP contribution in [0, 0.1) is 0 Å². The molecule has 0 saturated carbocycles. The monoisotopic (exact) mass is 314 g/mol. The zero-order chi connectivity index (χ0) is 16.1. The fraction of sp³-hybridized carbons (Fsp3) is 0.308. The van der Waals surface area contributed by atoms with E-state index in [9.17, 15) is 23.2 Å². The van der Waals surface area contributed by atoms with Crippen LogP contribution in [0.2, 0.25) is 0 Å². The summed E-state index contributed by atoms with van der Waals surface area (Å²) in [5.74, 6) is -1.55. The van der Waals surface area contributed by atoms with Gasteiger partial charge in [0.25, 0.3) is 5.91 Å². The molecule has 1 aliphatic heterocycles. The number of halogens is 2. The molecular weight excluding hydrogens is 302 g/mol. The van der Waals surface area contributed by atoms with Gasteiger partial charge in [0, 0.05) is 13.1 Å². The molecule has 1 aromatic carbocycles. The number of urea groups is 1. The summed E-state index contributed by atoms with van der Waals surface area (Å²) in [7, 11) is 0. The molecule has 7 nitrogen and oxygen atoms in total. The molecule has 9 heteroatoms. The Hall–Kier alpha value is -2.71. The Kier molecular flexibility index (Phi) is 4.87. The van der Waals surface area contributed by atoms with Gasteiger partial charge in [0.15, 0.2) is 6.61 Å². The normalized spacial score (nSPS) is 14.0. The second kappa shape index (κ2) is 6.83. The van der Waals surface area contributed by atoms with Gasteiger partial charge in [-0.15, -0.1) is 0 Å². The van der Waals surface area contributed by atoms with E-state index < -0.39 is 31.1 Å². The molecule has 1 heterocycles. The van der Waals surface area contributed by atoms with E-state index in [0.717, 1.165) is 4.90 Å². The fourth-order valence-corrected chi connectivity index (χ4v) is 1.77. The minimum atomic E-state index is -2.96. The molecule has 3 amide bonds. The maximum Gasteiger partial charge on any atom is 0.387 e. The van der Waals surface area contributed by atoms with Crippen molar-refractivity contribution < 1.29 is 32.6 Å². The summed E-state index contributed by atoms with van der Waals surface area (Å²) in [5, 5.41) is 2.44. The number of hydrogen-bond donors (Lipinski definition) is 1. The smallest absolute Gasteiger partial charge is 0.387 e. The molecule has 1 aliphatic rings. The summed E-state index contributed by atoms with van der Waals surface area (Å²) in [6.07, 6.45) is 0. The number of carbonyl (C=O) groups is 3. The van der Waals surface area contributed by atoms with Crippen molar-refractivity contribution in [3.8, 4) is 5.75 Å². The lowest BCUT2D eigenvalue weighted by Gasteiger charge is -2.12. The van der Waals surface area contributed by atoms with Crippen molar-refractivity contribution in [3.05, 3.63) is 29.8 Å². The standard InChI is InChI=1S/C13H12F2N2O5/c14-12(15)22-9-3-1-8(2-4-9)11(19)21-7-10(18)17-6-5-16-13(17)20/h1-4,12H,5-7H2,(H,16,20). The molecule has 0 unspecified atom stereocenters. The summed E-state index contributed by atoms with van der Waals surface area (Å²) in [6, 6.07) is 4.28. The minimum absolute atomic E-state index is 0.0697. The van der Waals surface area contributed by atoms with Gasteiger partial charge in [0.1, 0.15) is 5.75 Å². The predicted octanol–water partition coefficient (Wildman–Crippen LogP) is 0.997. The molecule has 0 aromatic heterocycles. The fourth-order valence-electron chi connectivity index (χ4n) is 1.77. The molecule has 22 heavy (non-hydrogen) atoms. The Bertz CT molecular complexity index is 576. The van der Waals surface area contributed by atoms with Crippen molar-refractivity contribution in [1.29, 1.82) is 0 Å². The Morgan fingerprint density at radius 3 is 2.50 bits per heavy atom. The van der Waals surface area contributed by atoms with Crippen LogP contribution in [-0.4, -0.2) is 49.1 Å². The summed E-state index contributed by atoms with van der Waals surface area (Å²) in [4.78, 5) is 35.5. The van der Waals surface area contributed by atoms with Crippen molar-refractivity contribution in [2.24, 2.45) is 0 Å². The van der Waals surface area contributed by atoms with Gasteiger partial charge >= 0.3 is 18.6 Å². The number of carbonyl (C=O) groups excluding carboxylic acids is 3. The van der Waals surface area contributed by atoms with Crippen LogP contribution in [0.15, 0.2) is 24.3 Å². The van der Waals surface area contributed by atoms with Crippen LogP contribution in [0.5, 0.6) is 5.75 Å². The number of nitrogens with one attached hydrogen (secondary N) is 1. The Balaban J connectivity index is 1.86. The molecule has 0 bridgehead atoms. The predicted molar refractivity (Wildman–Crippen MR) is 68.5 cm³/mol. The highest BCUT2D eigenvalue weighted by molar-refractivity contribution is 5.98. The number of benzene rings is 1. The highest BCUT2D eigenvalue weighted by Gasteiger charge is 2.26. The van der Waals surface area contributed by atoms with Crippen LogP contribution in [0.4, 0.5) is 13.6 Å². The number of ether oxygens (including phenoxy) is 2. The number of esters is 1. The van der Waals surface area contributed by atoms with Gasteiger partial charge in [-0.05, 0) is 24.3 Å². The Morgan fingerprint density at radius 1 is 1.27 bits per heavy atom. The molecule has 2 rings (SSSR count). The van der Waals surface area contributed by atoms with Crippen LogP contribution in [-0.2, 0) is 9.53 Å². The summed E-state index contributed by atoms with van der Waals surface area (Å²) in [6.45, 7) is -2.97. The van der Waals surface area contributed by atoms with Crippen molar-refractivity contribution in [2.45, 2.75) is 6.61 Å². The SMILES string of the molecule is O=C(OCC(=O)N1CCNC1=O)c1ccc(OC(F)F)cc1. The maximum absolute atomic E-state index is 12.0. The van der Waals surface area contributed by atoms with Gasteiger partial charge < -0.3 is 14.8 Å². The number of nitrogens with zero attached hydrogens (tertiary/aromatic N) is 1. The van der Waals surface area contributed by atoms with Gasteiger partial charge in [0.2, 0.25) is 0 Å². The van der Waals surface area contributed by atoms with E-state index in [1.54, 1.807) is 0 Å². The first-order valence-electron chi connectivity index (χ1n) is 6.27. The van der Waals surface area contributed by atoms with E-state index in [1.165, 1.54) is 24.3 Å². The molecule has 118 valence electrons. The second-order valence-corrected chi connectivity index (χ2v) is 4.26. The lowest BCUT2D eigenvalue weighted by molar-refractivity contribution is -0.130. The number of imide groups is 1. The first-order valence-corrected chi connectivity index (χ1v) is 6.27. The molecule has 0 atom stereocenters. The first kappa shape index (κ1) is 15.7. The third-order valence-corrected chi connectivity index (χ3v) is 2.80. The second-order valence-electron chi connectivity index (χ2n) is 4.26. The highest BCUT2D eigenvalue weighted by atomic mass is 19.3. The summed E-state index contributed by atoms with van der Waals surface area (Å²) >= 11 is 0. The van der Waals surface area contributed by atoms with Crippen LogP contribution in [0.25, 0.3) is 0 Å². The third kappa shape index (κ3) is 3.90. The minimum Gasteiger partial charge on any atom is -0.452 e. The molecule has 1 fully saturated rings. The molecule has 0 spiro atoms. The summed E-state index contributed by atoms with van der Waals surface area (Å²) in [5.41, 5.74) is 0.0697. The highest BCUT2D eigenvalue weighted by Crippen LogP contribution is 2.15. The molecule has 1 saturated heterocycles. The average molecular weight is 314 g/mol. The van der Waals surface area contributed by atoms with E-state index in [4.69, 9.17) is 4.74 Å². The quantitative estimate of drug-likeness (QED) is 0.820. The van der Waals surface area contributed by atoms with E-state index in [0.29, 0.717) is 6.54 Å². The van der Waals surface area contributed by atoms with Crippen molar-refractivity contribution >= 4 is 17.9 Å². The Morgan fingerprint density at radius 2 is 1.95 bits per heavy atom.